The molecule has 0 heterocycles. The molecule has 5 heteroatoms. The van der Waals surface area contributed by atoms with Crippen LogP contribution in [-0.2, 0) is 9.59 Å². The summed E-state index contributed by atoms with van der Waals surface area (Å²) in [6.45, 7) is 3.71. The molecule has 1 aliphatic carbocycles. The molecule has 3 atom stereocenters. The fourth-order valence-corrected chi connectivity index (χ4v) is 2.93. The van der Waals surface area contributed by atoms with Gasteiger partial charge >= 0.3 is 5.97 Å². The highest BCUT2D eigenvalue weighted by Crippen LogP contribution is 2.38. The Kier molecular flexibility index (Phi) is 6.99. The van der Waals surface area contributed by atoms with Crippen LogP contribution in [-0.4, -0.2) is 49.1 Å². The Morgan fingerprint density at radius 2 is 1.85 bits per heavy atom. The van der Waals surface area contributed by atoms with Gasteiger partial charge < -0.3 is 15.3 Å². The number of unbranched alkanes of at least 4 members (excludes halogenated alkanes) is 1. The van der Waals surface area contributed by atoms with Crippen LogP contribution >= 0.6 is 0 Å². The molecule has 0 bridgehead atoms. The first-order valence-electron chi connectivity index (χ1n) is 7.61. The molecule has 0 aromatic carbocycles. The van der Waals surface area contributed by atoms with Crippen LogP contribution in [0.5, 0.6) is 0 Å². The van der Waals surface area contributed by atoms with E-state index >= 15 is 0 Å². The lowest BCUT2D eigenvalue weighted by Gasteiger charge is -2.16. The Hall–Kier alpha value is -1.10. The Morgan fingerprint density at radius 1 is 1.20 bits per heavy atom. The van der Waals surface area contributed by atoms with Crippen molar-refractivity contribution in [2.45, 2.75) is 39.0 Å². The average molecular weight is 284 g/mol. The first-order chi connectivity index (χ1) is 9.45. The molecule has 5 nitrogen and oxygen atoms in total. The number of hydrogen-bond donors (Lipinski definition) is 2. The van der Waals surface area contributed by atoms with Gasteiger partial charge in [-0.15, -0.1) is 0 Å². The molecule has 1 saturated carbocycles. The van der Waals surface area contributed by atoms with Gasteiger partial charge in [0.05, 0.1) is 11.8 Å². The number of hydrogen-bond acceptors (Lipinski definition) is 3. The van der Waals surface area contributed by atoms with Gasteiger partial charge in [0.1, 0.15) is 0 Å². The van der Waals surface area contributed by atoms with E-state index in [4.69, 9.17) is 0 Å². The quantitative estimate of drug-likeness (QED) is 0.664. The second-order valence-corrected chi connectivity index (χ2v) is 6.10. The van der Waals surface area contributed by atoms with E-state index in [9.17, 15) is 14.7 Å². The molecule has 0 aromatic rings. The Bertz CT molecular complexity index is 331. The number of carbonyl (C=O) groups excluding carboxylic acids is 1. The number of aliphatic carboxylic acids is 1. The second-order valence-electron chi connectivity index (χ2n) is 6.10. The minimum atomic E-state index is -0.825. The fourth-order valence-electron chi connectivity index (χ4n) is 2.93. The van der Waals surface area contributed by atoms with Crippen LogP contribution < -0.4 is 5.32 Å². The van der Waals surface area contributed by atoms with Crippen molar-refractivity contribution in [3.05, 3.63) is 0 Å². The molecule has 1 aliphatic rings. The predicted octanol–water partition coefficient (Wildman–Crippen LogP) is 1.58. The van der Waals surface area contributed by atoms with E-state index in [1.165, 1.54) is 0 Å². The van der Waals surface area contributed by atoms with Crippen LogP contribution in [0.15, 0.2) is 0 Å². The minimum absolute atomic E-state index is 0.0711. The van der Waals surface area contributed by atoms with E-state index in [-0.39, 0.29) is 11.8 Å². The van der Waals surface area contributed by atoms with Gasteiger partial charge in [-0.3, -0.25) is 9.59 Å². The minimum Gasteiger partial charge on any atom is -0.481 e. The third-order valence-electron chi connectivity index (χ3n) is 4.22. The van der Waals surface area contributed by atoms with Gasteiger partial charge in [0.2, 0.25) is 5.91 Å². The number of carboxylic acids is 1. The molecule has 0 saturated heterocycles. The summed E-state index contributed by atoms with van der Waals surface area (Å²) in [4.78, 5) is 25.5. The van der Waals surface area contributed by atoms with E-state index < -0.39 is 11.9 Å². The topological polar surface area (TPSA) is 69.6 Å². The normalized spacial score (nSPS) is 25.9. The molecule has 0 aromatic heterocycles. The van der Waals surface area contributed by atoms with Gasteiger partial charge in [-0.2, -0.15) is 0 Å². The third kappa shape index (κ3) is 5.12. The average Bonchev–Trinajstić information content (AvgIpc) is 2.82. The van der Waals surface area contributed by atoms with E-state index in [0.717, 1.165) is 32.2 Å². The summed E-state index contributed by atoms with van der Waals surface area (Å²) in [5.74, 6) is -1.36. The van der Waals surface area contributed by atoms with Crippen LogP contribution in [0.2, 0.25) is 0 Å². The van der Waals surface area contributed by atoms with Crippen LogP contribution in [0.4, 0.5) is 0 Å². The molecule has 116 valence electrons. The number of rotatable bonds is 8. The lowest BCUT2D eigenvalue weighted by atomic mass is 9.95. The molecule has 1 fully saturated rings. The molecule has 0 aliphatic heterocycles. The van der Waals surface area contributed by atoms with Crippen LogP contribution in [0, 0.1) is 17.8 Å². The fraction of sp³-hybridized carbons (Fsp3) is 0.867. The van der Waals surface area contributed by atoms with E-state index in [1.807, 2.05) is 14.1 Å². The van der Waals surface area contributed by atoms with Crippen molar-refractivity contribution in [2.24, 2.45) is 17.8 Å². The lowest BCUT2D eigenvalue weighted by Crippen LogP contribution is -2.35. The van der Waals surface area contributed by atoms with Crippen LogP contribution in [0.3, 0.4) is 0 Å². The molecule has 3 unspecified atom stereocenters. The zero-order valence-corrected chi connectivity index (χ0v) is 12.9. The summed E-state index contributed by atoms with van der Waals surface area (Å²) in [5, 5.41) is 12.1. The summed E-state index contributed by atoms with van der Waals surface area (Å²) < 4.78 is 0. The third-order valence-corrected chi connectivity index (χ3v) is 4.22. The Balaban J connectivity index is 2.35. The highest BCUT2D eigenvalue weighted by atomic mass is 16.4. The smallest absolute Gasteiger partial charge is 0.307 e. The highest BCUT2D eigenvalue weighted by molar-refractivity contribution is 5.85. The second kappa shape index (κ2) is 8.25. The van der Waals surface area contributed by atoms with Gasteiger partial charge in [0.25, 0.3) is 0 Å². The molecule has 1 amide bonds. The van der Waals surface area contributed by atoms with Gasteiger partial charge in [0.15, 0.2) is 0 Å². The van der Waals surface area contributed by atoms with Gasteiger partial charge in [-0.25, -0.2) is 0 Å². The van der Waals surface area contributed by atoms with E-state index in [0.29, 0.717) is 18.9 Å². The summed E-state index contributed by atoms with van der Waals surface area (Å²) >= 11 is 0. The largest absolute Gasteiger partial charge is 0.481 e. The van der Waals surface area contributed by atoms with Gasteiger partial charge in [0, 0.05) is 6.54 Å². The molecular formula is C15H28N2O3. The Morgan fingerprint density at radius 3 is 2.40 bits per heavy atom. The maximum atomic E-state index is 12.1. The number of amides is 1. The molecule has 20 heavy (non-hydrogen) atoms. The molecule has 1 rings (SSSR count). The maximum absolute atomic E-state index is 12.1. The van der Waals surface area contributed by atoms with Crippen molar-refractivity contribution in [1.82, 2.24) is 10.2 Å². The van der Waals surface area contributed by atoms with Crippen molar-refractivity contribution in [2.75, 3.05) is 27.2 Å². The van der Waals surface area contributed by atoms with Crippen LogP contribution in [0.1, 0.15) is 39.0 Å². The number of carbonyl (C=O) groups is 2. The van der Waals surface area contributed by atoms with E-state index in [1.54, 1.807) is 0 Å². The maximum Gasteiger partial charge on any atom is 0.307 e. The first-order valence-corrected chi connectivity index (χ1v) is 7.61. The van der Waals surface area contributed by atoms with E-state index in [2.05, 4.69) is 17.1 Å². The monoisotopic (exact) mass is 284 g/mol. The van der Waals surface area contributed by atoms with Crippen molar-refractivity contribution in [1.29, 1.82) is 0 Å². The summed E-state index contributed by atoms with van der Waals surface area (Å²) in [6.07, 6.45) is 4.29. The zero-order chi connectivity index (χ0) is 15.1. The molecule has 0 radical (unpaired) electrons. The standard InChI is InChI=1S/C15H28N2O3/c1-4-11-9-12(13(10-11)15(19)20)14(18)16-7-5-6-8-17(2)3/h11-13H,4-10H2,1-3H3,(H,16,18)(H,19,20). The van der Waals surface area contributed by atoms with Gasteiger partial charge in [-0.1, -0.05) is 13.3 Å². The van der Waals surface area contributed by atoms with Crippen molar-refractivity contribution >= 4 is 11.9 Å². The summed E-state index contributed by atoms with van der Waals surface area (Å²) in [6, 6.07) is 0. The Labute approximate surface area is 121 Å². The zero-order valence-electron chi connectivity index (χ0n) is 12.9. The SMILES string of the molecule is CCC1CC(C(=O)O)C(C(=O)NCCCCN(C)C)C1. The highest BCUT2D eigenvalue weighted by Gasteiger charge is 2.41. The van der Waals surface area contributed by atoms with Crippen LogP contribution in [0.25, 0.3) is 0 Å². The molecule has 2 N–H and O–H groups in total. The van der Waals surface area contributed by atoms with Crippen molar-refractivity contribution in [3.8, 4) is 0 Å². The van der Waals surface area contributed by atoms with Gasteiger partial charge in [-0.05, 0) is 52.2 Å². The lowest BCUT2D eigenvalue weighted by molar-refractivity contribution is -0.146. The molecule has 0 spiro atoms. The number of nitrogens with zero attached hydrogens (tertiary/aromatic N) is 1. The number of nitrogens with one attached hydrogen (secondary N) is 1. The summed E-state index contributed by atoms with van der Waals surface area (Å²) in [7, 11) is 4.05. The number of carboxylic acid groups (broad SMARTS) is 1. The van der Waals surface area contributed by atoms with Crippen molar-refractivity contribution < 1.29 is 14.7 Å². The molecular weight excluding hydrogens is 256 g/mol. The summed E-state index contributed by atoms with van der Waals surface area (Å²) in [5.41, 5.74) is 0. The first kappa shape index (κ1) is 17.0. The predicted molar refractivity (Wildman–Crippen MR) is 78.4 cm³/mol. The van der Waals surface area contributed by atoms with Crippen molar-refractivity contribution in [3.63, 3.8) is 0 Å².